The van der Waals surface area contributed by atoms with Gasteiger partial charge in [0.25, 0.3) is 0 Å². The summed E-state index contributed by atoms with van der Waals surface area (Å²) in [7, 11) is 0. The van der Waals surface area contributed by atoms with Gasteiger partial charge in [-0.25, -0.2) is 0 Å². The van der Waals surface area contributed by atoms with Gasteiger partial charge in [0.05, 0.1) is 6.61 Å². The molecule has 0 heterocycles. The fourth-order valence-corrected chi connectivity index (χ4v) is 1.82. The molecule has 0 aliphatic heterocycles. The molecule has 0 saturated carbocycles. The first-order valence-electron chi connectivity index (χ1n) is 6.12. The molecule has 0 aliphatic rings. The summed E-state index contributed by atoms with van der Waals surface area (Å²) in [6.07, 6.45) is 3.39. The van der Waals surface area contributed by atoms with Gasteiger partial charge in [-0.15, -0.1) is 0 Å². The first-order chi connectivity index (χ1) is 7.69. The van der Waals surface area contributed by atoms with Crippen LogP contribution in [0.15, 0.2) is 30.3 Å². The number of ether oxygens (including phenoxy) is 1. The molecule has 16 heavy (non-hydrogen) atoms. The normalized spacial score (nSPS) is 11.9. The first-order valence-corrected chi connectivity index (χ1v) is 6.12. The van der Waals surface area contributed by atoms with Gasteiger partial charge in [0.15, 0.2) is 0 Å². The molecule has 0 unspecified atom stereocenters. The molecule has 0 aliphatic carbocycles. The van der Waals surface area contributed by atoms with E-state index in [9.17, 15) is 0 Å². The summed E-state index contributed by atoms with van der Waals surface area (Å²) in [5, 5.41) is 0. The Balaban J connectivity index is 2.90. The fourth-order valence-electron chi connectivity index (χ4n) is 1.82. The maximum atomic E-state index is 5.44. The summed E-state index contributed by atoms with van der Waals surface area (Å²) in [4.78, 5) is 0. The summed E-state index contributed by atoms with van der Waals surface area (Å²) in [6, 6.07) is 8.38. The molecule has 0 saturated heterocycles. The van der Waals surface area contributed by atoms with E-state index in [4.69, 9.17) is 4.74 Å². The third-order valence-corrected chi connectivity index (χ3v) is 2.54. The Labute approximate surface area is 99.1 Å². The smallest absolute Gasteiger partial charge is 0.119 e. The molecule has 1 heteroatoms. The predicted molar refractivity (Wildman–Crippen MR) is 70.7 cm³/mol. The topological polar surface area (TPSA) is 9.23 Å². The third-order valence-electron chi connectivity index (χ3n) is 2.54. The lowest BCUT2D eigenvalue weighted by atomic mass is 9.94. The molecule has 0 aromatic heterocycles. The van der Waals surface area contributed by atoms with Gasteiger partial charge < -0.3 is 4.74 Å². The van der Waals surface area contributed by atoms with Gasteiger partial charge in [-0.2, -0.15) is 0 Å². The number of rotatable bonds is 5. The van der Waals surface area contributed by atoms with Crippen LogP contribution in [0.1, 0.15) is 39.7 Å². The third kappa shape index (κ3) is 3.41. The van der Waals surface area contributed by atoms with Gasteiger partial charge in [0, 0.05) is 0 Å². The minimum atomic E-state index is 0.567. The van der Waals surface area contributed by atoms with Crippen molar-refractivity contribution in [2.45, 2.75) is 34.1 Å². The van der Waals surface area contributed by atoms with Crippen LogP contribution in [0.3, 0.4) is 0 Å². The van der Waals surface area contributed by atoms with Crippen molar-refractivity contribution in [2.24, 2.45) is 5.92 Å². The Hall–Kier alpha value is -1.24. The van der Waals surface area contributed by atoms with E-state index in [1.165, 1.54) is 11.1 Å². The molecular formula is C15H22O. The standard InChI is InChI=1S/C15H22O/c1-5-7-15(12(3)4)13-8-10-14(11-9-13)16-6-2/h7-12H,5-6H2,1-4H3. The molecule has 1 aromatic carbocycles. The van der Waals surface area contributed by atoms with Crippen molar-refractivity contribution < 1.29 is 4.74 Å². The first kappa shape index (κ1) is 12.8. The van der Waals surface area contributed by atoms with Crippen LogP contribution in [-0.4, -0.2) is 6.61 Å². The summed E-state index contributed by atoms with van der Waals surface area (Å²) < 4.78 is 5.44. The van der Waals surface area contributed by atoms with Gasteiger partial charge in [-0.3, -0.25) is 0 Å². The monoisotopic (exact) mass is 218 g/mol. The molecule has 0 atom stereocenters. The molecule has 0 N–H and O–H groups in total. The highest BCUT2D eigenvalue weighted by molar-refractivity contribution is 5.67. The lowest BCUT2D eigenvalue weighted by Gasteiger charge is -2.12. The van der Waals surface area contributed by atoms with Crippen LogP contribution in [-0.2, 0) is 0 Å². The average Bonchev–Trinajstić information content (AvgIpc) is 2.27. The Kier molecular flexibility index (Phi) is 5.10. The number of hydrogen-bond donors (Lipinski definition) is 0. The van der Waals surface area contributed by atoms with Crippen molar-refractivity contribution in [2.75, 3.05) is 6.61 Å². The van der Waals surface area contributed by atoms with Crippen LogP contribution < -0.4 is 4.74 Å². The average molecular weight is 218 g/mol. The number of allylic oxidation sites excluding steroid dienone is 2. The summed E-state index contributed by atoms with van der Waals surface area (Å²) in [5.74, 6) is 1.52. The van der Waals surface area contributed by atoms with Crippen LogP contribution >= 0.6 is 0 Å². The molecule has 0 spiro atoms. The second-order valence-electron chi connectivity index (χ2n) is 4.18. The molecule has 1 nitrogen and oxygen atoms in total. The zero-order valence-corrected chi connectivity index (χ0v) is 10.8. The van der Waals surface area contributed by atoms with Crippen molar-refractivity contribution in [1.82, 2.24) is 0 Å². The molecule has 0 bridgehead atoms. The van der Waals surface area contributed by atoms with E-state index in [0.717, 1.165) is 18.8 Å². The van der Waals surface area contributed by atoms with Crippen molar-refractivity contribution in [3.8, 4) is 5.75 Å². The van der Waals surface area contributed by atoms with Crippen molar-refractivity contribution >= 4 is 5.57 Å². The molecule has 0 amide bonds. The van der Waals surface area contributed by atoms with Gasteiger partial charge in [-0.1, -0.05) is 39.0 Å². The summed E-state index contributed by atoms with van der Waals surface area (Å²) >= 11 is 0. The van der Waals surface area contributed by atoms with E-state index in [1.54, 1.807) is 0 Å². The lowest BCUT2D eigenvalue weighted by molar-refractivity contribution is 0.340. The Morgan fingerprint density at radius 2 is 1.81 bits per heavy atom. The minimum absolute atomic E-state index is 0.567. The number of benzene rings is 1. The van der Waals surface area contributed by atoms with E-state index in [-0.39, 0.29) is 0 Å². The van der Waals surface area contributed by atoms with Gasteiger partial charge in [0.2, 0.25) is 0 Å². The van der Waals surface area contributed by atoms with Crippen LogP contribution in [0.25, 0.3) is 5.57 Å². The maximum absolute atomic E-state index is 5.44. The Bertz CT molecular complexity index is 333. The number of hydrogen-bond acceptors (Lipinski definition) is 1. The van der Waals surface area contributed by atoms with E-state index in [1.807, 2.05) is 19.1 Å². The van der Waals surface area contributed by atoms with Crippen molar-refractivity contribution in [1.29, 1.82) is 0 Å². The molecule has 0 fully saturated rings. The predicted octanol–water partition coefficient (Wildman–Crippen LogP) is 4.53. The summed E-state index contributed by atoms with van der Waals surface area (Å²) in [6.45, 7) is 9.37. The zero-order chi connectivity index (χ0) is 12.0. The molecular weight excluding hydrogens is 196 g/mol. The Morgan fingerprint density at radius 3 is 2.25 bits per heavy atom. The van der Waals surface area contributed by atoms with Crippen molar-refractivity contribution in [3.05, 3.63) is 35.9 Å². The van der Waals surface area contributed by atoms with Crippen LogP contribution in [0.2, 0.25) is 0 Å². The molecule has 1 aromatic rings. The minimum Gasteiger partial charge on any atom is -0.494 e. The van der Waals surface area contributed by atoms with E-state index in [0.29, 0.717) is 5.92 Å². The highest BCUT2D eigenvalue weighted by Gasteiger charge is 2.05. The lowest BCUT2D eigenvalue weighted by Crippen LogP contribution is -1.95. The van der Waals surface area contributed by atoms with E-state index in [2.05, 4.69) is 39.0 Å². The van der Waals surface area contributed by atoms with Gasteiger partial charge in [-0.05, 0) is 42.5 Å². The highest BCUT2D eigenvalue weighted by atomic mass is 16.5. The Morgan fingerprint density at radius 1 is 1.19 bits per heavy atom. The molecule has 1 rings (SSSR count). The van der Waals surface area contributed by atoms with Crippen LogP contribution in [0, 0.1) is 5.92 Å². The van der Waals surface area contributed by atoms with Crippen LogP contribution in [0.4, 0.5) is 0 Å². The summed E-state index contributed by atoms with van der Waals surface area (Å²) in [5.41, 5.74) is 2.73. The second-order valence-corrected chi connectivity index (χ2v) is 4.18. The largest absolute Gasteiger partial charge is 0.494 e. The second kappa shape index (κ2) is 6.37. The van der Waals surface area contributed by atoms with Gasteiger partial charge in [0.1, 0.15) is 5.75 Å². The van der Waals surface area contributed by atoms with Crippen molar-refractivity contribution in [3.63, 3.8) is 0 Å². The van der Waals surface area contributed by atoms with Crippen LogP contribution in [0.5, 0.6) is 5.75 Å². The maximum Gasteiger partial charge on any atom is 0.119 e. The highest BCUT2D eigenvalue weighted by Crippen LogP contribution is 2.25. The SMILES string of the molecule is CCC=C(c1ccc(OCC)cc1)C(C)C. The molecule has 0 radical (unpaired) electrons. The fraction of sp³-hybridized carbons (Fsp3) is 0.467. The quantitative estimate of drug-likeness (QED) is 0.705. The molecule has 88 valence electrons. The zero-order valence-electron chi connectivity index (χ0n) is 10.8. The van der Waals surface area contributed by atoms with Gasteiger partial charge >= 0.3 is 0 Å². The van der Waals surface area contributed by atoms with E-state index < -0.39 is 0 Å². The van der Waals surface area contributed by atoms with E-state index >= 15 is 0 Å².